The van der Waals surface area contributed by atoms with Crippen LogP contribution in [0.4, 0.5) is 0 Å². The van der Waals surface area contributed by atoms with Gasteiger partial charge in [-0.2, -0.15) is 0 Å². The highest BCUT2D eigenvalue weighted by atomic mass is 32.1. The molecule has 0 aliphatic carbocycles. The molecule has 0 fully saturated rings. The molecule has 3 heterocycles. The molecule has 0 aliphatic heterocycles. The molecule has 6 aromatic rings. The SMILES string of the molecule is Cc1cc(-c2c(C)ccc3c2oc2c3ccc3c4ccccc4sc32)[n+](C)cc1C. The van der Waals surface area contributed by atoms with Crippen LogP contribution in [0, 0.1) is 20.8 Å². The normalized spacial score (nSPS) is 12.0. The summed E-state index contributed by atoms with van der Waals surface area (Å²) < 4.78 is 11.4. The van der Waals surface area contributed by atoms with Crippen molar-refractivity contribution in [2.24, 2.45) is 7.05 Å². The van der Waals surface area contributed by atoms with Crippen molar-refractivity contribution < 1.29 is 8.98 Å². The number of furan rings is 1. The average Bonchev–Trinajstić information content (AvgIpc) is 3.29. The standard InChI is InChI=1S/C27H22NOS/c1-15-9-10-19-20-11-12-21-18-7-5-6-8-23(18)30-27(21)26(20)29-25(19)24(15)22-13-16(2)17(3)14-28(22)4/h5-14H,1-4H3/q+1. The summed E-state index contributed by atoms with van der Waals surface area (Å²) in [6, 6.07) is 19.8. The van der Waals surface area contributed by atoms with Crippen molar-refractivity contribution in [2.45, 2.75) is 20.8 Å². The highest BCUT2D eigenvalue weighted by Gasteiger charge is 2.22. The minimum absolute atomic E-state index is 0.980. The fraction of sp³-hybridized carbons (Fsp3) is 0.148. The maximum atomic E-state index is 6.68. The molecule has 0 aliphatic rings. The van der Waals surface area contributed by atoms with Crippen LogP contribution in [0.25, 0.3) is 53.4 Å². The van der Waals surface area contributed by atoms with Crippen LogP contribution >= 0.6 is 11.3 Å². The van der Waals surface area contributed by atoms with Gasteiger partial charge in [-0.05, 0) is 44.0 Å². The molecule has 6 rings (SSSR count). The lowest BCUT2D eigenvalue weighted by Crippen LogP contribution is -2.31. The molecule has 2 nitrogen and oxygen atoms in total. The van der Waals surface area contributed by atoms with Gasteiger partial charge in [0.1, 0.15) is 12.6 Å². The van der Waals surface area contributed by atoms with Crippen molar-refractivity contribution in [2.75, 3.05) is 0 Å². The van der Waals surface area contributed by atoms with E-state index in [4.69, 9.17) is 4.42 Å². The molecule has 30 heavy (non-hydrogen) atoms. The van der Waals surface area contributed by atoms with Crippen molar-refractivity contribution in [1.29, 1.82) is 0 Å². The summed E-state index contributed by atoms with van der Waals surface area (Å²) in [5.41, 5.74) is 8.17. The van der Waals surface area contributed by atoms with Crippen molar-refractivity contribution >= 4 is 53.4 Å². The highest BCUT2D eigenvalue weighted by Crippen LogP contribution is 2.43. The minimum atomic E-state index is 0.980. The summed E-state index contributed by atoms with van der Waals surface area (Å²) in [5, 5.41) is 4.95. The lowest BCUT2D eigenvalue weighted by molar-refractivity contribution is -0.660. The molecule has 3 aromatic heterocycles. The van der Waals surface area contributed by atoms with Crippen molar-refractivity contribution in [3.8, 4) is 11.3 Å². The quantitative estimate of drug-likeness (QED) is 0.260. The van der Waals surface area contributed by atoms with Gasteiger partial charge in [-0.15, -0.1) is 11.3 Å². The molecule has 0 spiro atoms. The number of thiophene rings is 1. The third-order valence-electron chi connectivity index (χ3n) is 6.36. The molecule has 0 amide bonds. The molecule has 0 unspecified atom stereocenters. The third-order valence-corrected chi connectivity index (χ3v) is 7.55. The summed E-state index contributed by atoms with van der Waals surface area (Å²) in [7, 11) is 2.12. The Balaban J connectivity index is 1.77. The van der Waals surface area contributed by atoms with Crippen LogP contribution in [-0.2, 0) is 7.05 Å². The Hall–Kier alpha value is -3.17. The lowest BCUT2D eigenvalue weighted by atomic mass is 9.99. The van der Waals surface area contributed by atoms with Crippen molar-refractivity contribution in [3.63, 3.8) is 0 Å². The fourth-order valence-electron chi connectivity index (χ4n) is 4.63. The number of hydrogen-bond acceptors (Lipinski definition) is 2. The van der Waals surface area contributed by atoms with Crippen LogP contribution in [0.5, 0.6) is 0 Å². The predicted molar refractivity (Wildman–Crippen MR) is 127 cm³/mol. The van der Waals surface area contributed by atoms with E-state index in [1.54, 1.807) is 0 Å². The van der Waals surface area contributed by atoms with E-state index in [1.165, 1.54) is 58.9 Å². The monoisotopic (exact) mass is 408 g/mol. The maximum Gasteiger partial charge on any atom is 0.216 e. The van der Waals surface area contributed by atoms with Gasteiger partial charge in [0.2, 0.25) is 5.69 Å². The van der Waals surface area contributed by atoms with E-state index in [1.807, 2.05) is 11.3 Å². The molecule has 0 N–H and O–H groups in total. The van der Waals surface area contributed by atoms with Crippen LogP contribution in [0.1, 0.15) is 16.7 Å². The Kier molecular flexibility index (Phi) is 3.63. The van der Waals surface area contributed by atoms with Gasteiger partial charge < -0.3 is 4.42 Å². The van der Waals surface area contributed by atoms with E-state index < -0.39 is 0 Å². The van der Waals surface area contributed by atoms with Crippen LogP contribution < -0.4 is 4.57 Å². The van der Waals surface area contributed by atoms with E-state index in [0.717, 1.165) is 11.2 Å². The second-order valence-corrected chi connectivity index (χ2v) is 9.34. The van der Waals surface area contributed by atoms with E-state index in [2.05, 4.69) is 93.2 Å². The van der Waals surface area contributed by atoms with E-state index in [9.17, 15) is 0 Å². The second-order valence-electron chi connectivity index (χ2n) is 8.29. The van der Waals surface area contributed by atoms with E-state index >= 15 is 0 Å². The van der Waals surface area contributed by atoms with Gasteiger partial charge in [0, 0.05) is 37.9 Å². The highest BCUT2D eigenvalue weighted by molar-refractivity contribution is 7.26. The summed E-state index contributed by atoms with van der Waals surface area (Å²) in [4.78, 5) is 0. The molecular formula is C27H22NOS+. The molecule has 146 valence electrons. The molecule has 0 saturated carbocycles. The van der Waals surface area contributed by atoms with Crippen LogP contribution in [0.15, 0.2) is 65.2 Å². The number of hydrogen-bond donors (Lipinski definition) is 0. The van der Waals surface area contributed by atoms with Crippen molar-refractivity contribution in [1.82, 2.24) is 0 Å². The van der Waals surface area contributed by atoms with Crippen LogP contribution in [0.2, 0.25) is 0 Å². The summed E-state index contributed by atoms with van der Waals surface area (Å²) >= 11 is 1.82. The van der Waals surface area contributed by atoms with Gasteiger partial charge in [0.15, 0.2) is 11.8 Å². The number of fused-ring (bicyclic) bond motifs is 7. The summed E-state index contributed by atoms with van der Waals surface area (Å²) in [6.45, 7) is 6.51. The summed E-state index contributed by atoms with van der Waals surface area (Å²) in [6.07, 6.45) is 2.20. The first kappa shape index (κ1) is 17.7. The Morgan fingerprint density at radius 2 is 1.47 bits per heavy atom. The van der Waals surface area contributed by atoms with Crippen LogP contribution in [0.3, 0.4) is 0 Å². The number of aryl methyl sites for hydroxylation is 4. The number of nitrogens with zero attached hydrogens (tertiary/aromatic N) is 1. The molecule has 3 aromatic carbocycles. The summed E-state index contributed by atoms with van der Waals surface area (Å²) in [5.74, 6) is 0. The second kappa shape index (κ2) is 6.16. The Labute approximate surface area is 179 Å². The first-order chi connectivity index (χ1) is 14.5. The molecule has 0 bridgehead atoms. The maximum absolute atomic E-state index is 6.68. The zero-order valence-corrected chi connectivity index (χ0v) is 18.4. The minimum Gasteiger partial charge on any atom is -0.454 e. The third kappa shape index (κ3) is 2.33. The van der Waals surface area contributed by atoms with Gasteiger partial charge in [0.05, 0.1) is 10.3 Å². The largest absolute Gasteiger partial charge is 0.454 e. The zero-order chi connectivity index (χ0) is 20.6. The van der Waals surface area contributed by atoms with Gasteiger partial charge in [-0.1, -0.05) is 36.4 Å². The Morgan fingerprint density at radius 3 is 2.33 bits per heavy atom. The molecular weight excluding hydrogens is 386 g/mol. The fourth-order valence-corrected chi connectivity index (χ4v) is 5.82. The molecule has 0 atom stereocenters. The lowest BCUT2D eigenvalue weighted by Gasteiger charge is -2.07. The first-order valence-electron chi connectivity index (χ1n) is 10.3. The number of pyridine rings is 1. The number of benzene rings is 3. The van der Waals surface area contributed by atoms with E-state index in [-0.39, 0.29) is 0 Å². The van der Waals surface area contributed by atoms with Gasteiger partial charge in [-0.3, -0.25) is 0 Å². The van der Waals surface area contributed by atoms with Crippen LogP contribution in [-0.4, -0.2) is 0 Å². The van der Waals surface area contributed by atoms with Gasteiger partial charge in [-0.25, -0.2) is 4.57 Å². The zero-order valence-electron chi connectivity index (χ0n) is 17.5. The Bertz CT molecular complexity index is 1630. The number of rotatable bonds is 1. The van der Waals surface area contributed by atoms with Gasteiger partial charge >= 0.3 is 0 Å². The topological polar surface area (TPSA) is 17.0 Å². The molecule has 0 saturated heterocycles. The predicted octanol–water partition coefficient (Wildman–Crippen LogP) is 7.37. The number of aromatic nitrogens is 1. The smallest absolute Gasteiger partial charge is 0.216 e. The van der Waals surface area contributed by atoms with Gasteiger partial charge in [0.25, 0.3) is 0 Å². The molecule has 3 heteroatoms. The first-order valence-corrected chi connectivity index (χ1v) is 11.1. The van der Waals surface area contributed by atoms with E-state index in [0.29, 0.717) is 0 Å². The molecule has 0 radical (unpaired) electrons. The Morgan fingerprint density at radius 1 is 0.733 bits per heavy atom. The average molecular weight is 409 g/mol. The van der Waals surface area contributed by atoms with Crippen molar-refractivity contribution in [3.05, 3.63) is 77.5 Å².